The highest BCUT2D eigenvalue weighted by molar-refractivity contribution is 8.01. The summed E-state index contributed by atoms with van der Waals surface area (Å²) in [6.07, 6.45) is -0.437. The van der Waals surface area contributed by atoms with Crippen molar-refractivity contribution in [3.05, 3.63) is 24.3 Å². The molecule has 1 saturated heterocycles. The van der Waals surface area contributed by atoms with Gasteiger partial charge in [0.2, 0.25) is 0 Å². The molecule has 6 nitrogen and oxygen atoms in total. The molecule has 1 aromatic carbocycles. The Morgan fingerprint density at radius 3 is 2.76 bits per heavy atom. The summed E-state index contributed by atoms with van der Waals surface area (Å²) in [6, 6.07) is 7.45. The number of amides is 3. The van der Waals surface area contributed by atoms with Gasteiger partial charge in [-0.25, -0.2) is 4.79 Å². The van der Waals surface area contributed by atoms with Crippen LogP contribution in [0.5, 0.6) is 0 Å². The van der Waals surface area contributed by atoms with Gasteiger partial charge in [0.05, 0.1) is 6.61 Å². The van der Waals surface area contributed by atoms with Crippen molar-refractivity contribution in [3.63, 3.8) is 0 Å². The average Bonchev–Trinajstić information content (AvgIpc) is 2.50. The van der Waals surface area contributed by atoms with Crippen molar-refractivity contribution >= 4 is 29.4 Å². The van der Waals surface area contributed by atoms with Gasteiger partial charge in [-0.05, 0) is 12.1 Å². The predicted molar refractivity (Wildman–Crippen MR) is 80.2 cm³/mol. The summed E-state index contributed by atoms with van der Waals surface area (Å²) in [6.45, 7) is 0.227. The Hall–Kier alpha value is -1.73. The second-order valence-electron chi connectivity index (χ2n) is 5.23. The van der Waals surface area contributed by atoms with Crippen LogP contribution < -0.4 is 5.32 Å². The normalized spacial score (nSPS) is 28.0. The molecule has 0 aromatic heterocycles. The number of para-hydroxylation sites is 1. The Labute approximate surface area is 127 Å². The van der Waals surface area contributed by atoms with E-state index >= 15 is 0 Å². The number of ether oxygens (including phenoxy) is 1. The molecule has 3 amide bonds. The lowest BCUT2D eigenvalue weighted by molar-refractivity contribution is -0.136. The molecule has 112 valence electrons. The minimum absolute atomic E-state index is 0.227. The molecule has 1 fully saturated rings. The Kier molecular flexibility index (Phi) is 3.33. The summed E-state index contributed by atoms with van der Waals surface area (Å²) < 4.78 is 4.44. The third-order valence-corrected chi connectivity index (χ3v) is 5.37. The van der Waals surface area contributed by atoms with Crippen LogP contribution in [0.15, 0.2) is 29.2 Å². The van der Waals surface area contributed by atoms with Crippen LogP contribution in [0.1, 0.15) is 0 Å². The lowest BCUT2D eigenvalue weighted by atomic mass is 9.99. The van der Waals surface area contributed by atoms with E-state index in [9.17, 15) is 9.59 Å². The van der Waals surface area contributed by atoms with Crippen LogP contribution in [0.4, 0.5) is 10.5 Å². The van der Waals surface area contributed by atoms with Gasteiger partial charge in [-0.1, -0.05) is 12.1 Å². The molecular formula is C14H17N3O3S. The summed E-state index contributed by atoms with van der Waals surface area (Å²) in [4.78, 5) is 28.7. The number of benzene rings is 1. The van der Waals surface area contributed by atoms with Crippen LogP contribution in [0.2, 0.25) is 0 Å². The number of hydrogen-bond donors (Lipinski definition) is 1. The van der Waals surface area contributed by atoms with Crippen LogP contribution in [0.3, 0.4) is 0 Å². The number of nitrogens with one attached hydrogen (secondary N) is 1. The number of anilines is 1. The van der Waals surface area contributed by atoms with Gasteiger partial charge < -0.3 is 15.0 Å². The Morgan fingerprint density at radius 1 is 1.33 bits per heavy atom. The summed E-state index contributed by atoms with van der Waals surface area (Å²) >= 11 is 1.46. The summed E-state index contributed by atoms with van der Waals surface area (Å²) in [5, 5.41) is 3.31. The number of nitrogens with zero attached hydrogens (tertiary/aromatic N) is 2. The Bertz CT molecular complexity index is 609. The molecule has 2 atom stereocenters. The zero-order valence-corrected chi connectivity index (χ0v) is 12.9. The van der Waals surface area contributed by atoms with E-state index < -0.39 is 10.9 Å². The van der Waals surface area contributed by atoms with E-state index in [0.717, 1.165) is 15.5 Å². The number of rotatable bonds is 2. The quantitative estimate of drug-likeness (QED) is 0.896. The fraction of sp³-hybridized carbons (Fsp3) is 0.429. The third-order valence-electron chi connectivity index (χ3n) is 3.91. The van der Waals surface area contributed by atoms with Gasteiger partial charge in [-0.3, -0.25) is 9.69 Å². The van der Waals surface area contributed by atoms with Crippen LogP contribution in [-0.4, -0.2) is 60.5 Å². The molecule has 2 aliphatic heterocycles. The molecule has 2 unspecified atom stereocenters. The zero-order valence-electron chi connectivity index (χ0n) is 12.1. The van der Waals surface area contributed by atoms with Crippen LogP contribution in [0, 0.1) is 0 Å². The smallest absolute Gasteiger partial charge is 0.327 e. The van der Waals surface area contributed by atoms with E-state index in [1.807, 2.05) is 24.3 Å². The molecule has 2 aliphatic rings. The summed E-state index contributed by atoms with van der Waals surface area (Å²) in [5.41, 5.74) is 0.927. The first kappa shape index (κ1) is 14.2. The number of hydrogen-bond acceptors (Lipinski definition) is 5. The highest BCUT2D eigenvalue weighted by Gasteiger charge is 2.58. The zero-order chi connectivity index (χ0) is 15.2. The highest BCUT2D eigenvalue weighted by atomic mass is 32.2. The number of fused-ring (bicyclic) bond motifs is 2. The van der Waals surface area contributed by atoms with Crippen LogP contribution in [-0.2, 0) is 9.53 Å². The van der Waals surface area contributed by atoms with Gasteiger partial charge in [-0.2, -0.15) is 0 Å². The van der Waals surface area contributed by atoms with Gasteiger partial charge >= 0.3 is 6.03 Å². The SMILES string of the molecule is COCC12Sc3ccccc3NC1N(C)C(=O)N(C)C2=O. The van der Waals surface area contributed by atoms with Crippen molar-refractivity contribution in [1.29, 1.82) is 0 Å². The number of urea groups is 1. The molecule has 0 saturated carbocycles. The van der Waals surface area contributed by atoms with Crippen molar-refractivity contribution < 1.29 is 14.3 Å². The van der Waals surface area contributed by atoms with Crippen molar-refractivity contribution in [2.75, 3.05) is 33.1 Å². The molecule has 0 bridgehead atoms. The van der Waals surface area contributed by atoms with Gasteiger partial charge in [0.1, 0.15) is 6.17 Å². The van der Waals surface area contributed by atoms with E-state index in [2.05, 4.69) is 5.32 Å². The van der Waals surface area contributed by atoms with Crippen LogP contribution in [0.25, 0.3) is 0 Å². The number of imide groups is 1. The number of carbonyl (C=O) groups is 2. The monoisotopic (exact) mass is 307 g/mol. The third kappa shape index (κ3) is 1.91. The Balaban J connectivity index is 2.12. The van der Waals surface area contributed by atoms with E-state index in [1.54, 1.807) is 19.1 Å². The van der Waals surface area contributed by atoms with E-state index in [1.165, 1.54) is 18.8 Å². The second-order valence-corrected chi connectivity index (χ2v) is 6.60. The highest BCUT2D eigenvalue weighted by Crippen LogP contribution is 2.48. The topological polar surface area (TPSA) is 61.9 Å². The van der Waals surface area contributed by atoms with Gasteiger partial charge in [-0.15, -0.1) is 11.8 Å². The van der Waals surface area contributed by atoms with Crippen molar-refractivity contribution in [2.45, 2.75) is 15.8 Å². The second kappa shape index (κ2) is 4.92. The van der Waals surface area contributed by atoms with Gasteiger partial charge in [0.25, 0.3) is 5.91 Å². The average molecular weight is 307 g/mol. The molecule has 0 spiro atoms. The van der Waals surface area contributed by atoms with Gasteiger partial charge in [0, 0.05) is 31.8 Å². The molecule has 0 aliphatic carbocycles. The minimum atomic E-state index is -0.874. The molecule has 1 N–H and O–H groups in total. The first-order valence-electron chi connectivity index (χ1n) is 6.60. The van der Waals surface area contributed by atoms with Crippen molar-refractivity contribution in [2.24, 2.45) is 0 Å². The maximum absolute atomic E-state index is 12.8. The summed E-state index contributed by atoms with van der Waals surface area (Å²) in [5.74, 6) is -0.232. The fourth-order valence-electron chi connectivity index (χ4n) is 2.86. The molecule has 21 heavy (non-hydrogen) atoms. The fourth-order valence-corrected chi connectivity index (χ4v) is 4.37. The standard InChI is InChI=1S/C14H17N3O3S/c1-16-11-14(8-20-3,12(18)17(2)13(16)19)21-10-7-5-4-6-9(10)15-11/h4-7,11,15H,8H2,1-3H3. The largest absolute Gasteiger partial charge is 0.383 e. The maximum Gasteiger partial charge on any atom is 0.327 e. The lowest BCUT2D eigenvalue weighted by Crippen LogP contribution is -2.72. The minimum Gasteiger partial charge on any atom is -0.383 e. The van der Waals surface area contributed by atoms with Crippen molar-refractivity contribution in [3.8, 4) is 0 Å². The lowest BCUT2D eigenvalue weighted by Gasteiger charge is -2.51. The number of thioether (sulfide) groups is 1. The van der Waals surface area contributed by atoms with E-state index in [0.29, 0.717) is 0 Å². The number of methoxy groups -OCH3 is 1. The summed E-state index contributed by atoms with van der Waals surface area (Å²) in [7, 11) is 4.77. The predicted octanol–water partition coefficient (Wildman–Crippen LogP) is 1.44. The van der Waals surface area contributed by atoms with Crippen molar-refractivity contribution in [1.82, 2.24) is 9.80 Å². The molecule has 2 heterocycles. The molecule has 0 radical (unpaired) electrons. The molecule has 7 heteroatoms. The first-order valence-corrected chi connectivity index (χ1v) is 7.41. The molecule has 3 rings (SSSR count). The van der Waals surface area contributed by atoms with Crippen LogP contribution >= 0.6 is 11.8 Å². The van der Waals surface area contributed by atoms with Gasteiger partial charge in [0.15, 0.2) is 4.75 Å². The maximum atomic E-state index is 12.8. The van der Waals surface area contributed by atoms with E-state index in [4.69, 9.17) is 4.74 Å². The molecular weight excluding hydrogens is 290 g/mol. The number of carbonyl (C=O) groups excluding carboxylic acids is 2. The Morgan fingerprint density at radius 2 is 2.05 bits per heavy atom. The van der Waals surface area contributed by atoms with E-state index in [-0.39, 0.29) is 18.5 Å². The molecule has 1 aromatic rings. The first-order chi connectivity index (χ1) is 10.0.